The average Bonchev–Trinajstić information content (AvgIpc) is 2.86. The second-order valence-electron chi connectivity index (χ2n) is 8.17. The summed E-state index contributed by atoms with van der Waals surface area (Å²) in [6, 6.07) is 11.6. The van der Waals surface area contributed by atoms with E-state index in [1.165, 1.54) is 37.7 Å². The van der Waals surface area contributed by atoms with Gasteiger partial charge in [0.15, 0.2) is 50.6 Å². The van der Waals surface area contributed by atoms with Crippen molar-refractivity contribution in [2.24, 2.45) is 0 Å². The second-order valence-corrected chi connectivity index (χ2v) is 15.0. The van der Waals surface area contributed by atoms with Crippen LogP contribution in [0.15, 0.2) is 24.3 Å². The van der Waals surface area contributed by atoms with Gasteiger partial charge in [-0.05, 0) is 18.8 Å². The van der Waals surface area contributed by atoms with Crippen molar-refractivity contribution < 1.29 is 170 Å². The molecule has 2 radical (unpaired) electrons. The molecule has 54 heavy (non-hydrogen) atoms. The van der Waals surface area contributed by atoms with Crippen LogP contribution in [-0.4, -0.2) is 92.4 Å². The smallest absolute Gasteiger partial charge is 0.741 e. The maximum atomic E-state index is 10.7. The molecule has 0 N–H and O–H groups in total. The third-order valence-electron chi connectivity index (χ3n) is 4.24. The summed E-state index contributed by atoms with van der Waals surface area (Å²) < 4.78 is 295. The molecule has 2 rings (SSSR count). The molecule has 324 valence electrons. The van der Waals surface area contributed by atoms with Gasteiger partial charge in [-0.1, -0.05) is 19.3 Å². The zero-order valence-corrected chi connectivity index (χ0v) is 32.0. The van der Waals surface area contributed by atoms with Crippen LogP contribution >= 0.6 is 0 Å². The minimum Gasteiger partial charge on any atom is -0.741 e. The van der Waals surface area contributed by atoms with Gasteiger partial charge in [-0.15, -0.1) is 0 Å². The van der Waals surface area contributed by atoms with Crippen molar-refractivity contribution in [3.05, 3.63) is 35.9 Å². The molecule has 15 nitrogen and oxygen atoms in total. The van der Waals surface area contributed by atoms with Gasteiger partial charge < -0.3 is 22.8 Å². The molecule has 1 aliphatic rings. The van der Waals surface area contributed by atoms with Crippen LogP contribution in [0.3, 0.4) is 0 Å². The van der Waals surface area contributed by atoms with E-state index in [1.807, 2.05) is 12.1 Å². The molecule has 0 atom stereocenters. The molecule has 1 aromatic rings. The van der Waals surface area contributed by atoms with Crippen LogP contribution in [0.5, 0.6) is 0 Å². The van der Waals surface area contributed by atoms with Gasteiger partial charge in [0.1, 0.15) is 0 Å². The summed E-state index contributed by atoms with van der Waals surface area (Å²) >= 11 is 0. The predicted molar refractivity (Wildman–Crippen MR) is 130 cm³/mol. The Labute approximate surface area is 320 Å². The summed E-state index contributed by atoms with van der Waals surface area (Å²) in [5, 5.41) is 0. The van der Waals surface area contributed by atoms with Crippen LogP contribution in [0.2, 0.25) is 0 Å². The summed E-state index contributed by atoms with van der Waals surface area (Å²) in [6.45, 7) is 0. The molecule has 0 saturated heterocycles. The normalized spacial score (nSPS) is 14.7. The van der Waals surface area contributed by atoms with E-state index < -0.39 is 78.1 Å². The molecule has 0 aliphatic heterocycles. The molecule has 0 bridgehead atoms. The zero-order chi connectivity index (χ0) is 43.2. The molecule has 1 fully saturated rings. The van der Waals surface area contributed by atoms with E-state index in [4.69, 9.17) is 64.9 Å². The summed E-state index contributed by atoms with van der Waals surface area (Å²) in [7, 11) is -30.5. The molecule has 1 aliphatic carbocycles. The maximum absolute atomic E-state index is 10.7. The summed E-state index contributed by atoms with van der Waals surface area (Å²) in [5.74, 6) is 0.841. The van der Waals surface area contributed by atoms with Crippen LogP contribution in [0.1, 0.15) is 43.6 Å². The van der Waals surface area contributed by atoms with Crippen molar-refractivity contribution >= 4 is 50.6 Å². The predicted octanol–water partition coefficient (Wildman–Crippen LogP) is 3.79. The second kappa shape index (κ2) is 24.0. The minimum absolute atomic E-state index is 0. The van der Waals surface area contributed by atoms with Crippen molar-refractivity contribution in [2.45, 2.75) is 65.6 Å². The van der Waals surface area contributed by atoms with Gasteiger partial charge in [-0.2, -0.15) is 102 Å². The third-order valence-corrected chi connectivity index (χ3v) is 7.07. The molecule has 0 spiro atoms. The molecule has 37 heteroatoms. The van der Waals surface area contributed by atoms with Gasteiger partial charge in [-0.25, -0.2) is 42.1 Å². The van der Waals surface area contributed by atoms with Gasteiger partial charge in [-0.3, -0.25) is 0 Å². The fourth-order valence-electron chi connectivity index (χ4n) is 2.11. The molecule has 1 saturated carbocycles. The van der Waals surface area contributed by atoms with Crippen LogP contribution in [0.4, 0.5) is 65.9 Å². The number of halogens is 15. The van der Waals surface area contributed by atoms with E-state index in [2.05, 4.69) is 18.2 Å². The maximum Gasteiger partial charge on any atom is 3.00 e. The van der Waals surface area contributed by atoms with E-state index in [9.17, 15) is 65.9 Å². The Morgan fingerprint density at radius 3 is 0.741 bits per heavy atom. The van der Waals surface area contributed by atoms with Crippen LogP contribution in [-0.2, 0) is 89.5 Å². The van der Waals surface area contributed by atoms with Crippen LogP contribution in [0.25, 0.3) is 0 Å². The number of benzene rings is 1. The van der Waals surface area contributed by atoms with E-state index in [1.54, 1.807) is 0 Å². The van der Waals surface area contributed by atoms with E-state index >= 15 is 0 Å². The van der Waals surface area contributed by atoms with Gasteiger partial charge >= 0.3 is 66.5 Å². The number of rotatable bonds is 1. The Bertz CT molecular complexity index is 1510. The molecule has 0 aromatic heterocycles. The Kier molecular flexibility index (Phi) is 28.8. The Balaban J connectivity index is -0.000000128. The average molecular weight is 1110 g/mol. The zero-order valence-electron chi connectivity index (χ0n) is 24.5. The fraction of sp³-hybridized carbons (Fsp3) is 0.647. The Morgan fingerprint density at radius 2 is 0.593 bits per heavy atom. The van der Waals surface area contributed by atoms with Gasteiger partial charge in [0, 0.05) is 0 Å². The quantitative estimate of drug-likeness (QED) is 0.127. The van der Waals surface area contributed by atoms with Gasteiger partial charge in [0.2, 0.25) is 0 Å². The first kappa shape index (κ1) is 64.8. The molecule has 1 aromatic carbocycles. The summed E-state index contributed by atoms with van der Waals surface area (Å²) in [4.78, 5) is 0. The summed E-state index contributed by atoms with van der Waals surface area (Å²) in [6.07, 6.45) is 7.07. The Hall–Kier alpha value is -1.03. The third kappa shape index (κ3) is 31.1. The van der Waals surface area contributed by atoms with Crippen LogP contribution < -0.4 is 0 Å². The van der Waals surface area contributed by atoms with Crippen LogP contribution in [0, 0.1) is 6.07 Å². The molecular formula is C17H15F15O15Ru2S5. The van der Waals surface area contributed by atoms with Crippen molar-refractivity contribution in [3.8, 4) is 0 Å². The van der Waals surface area contributed by atoms with E-state index in [0.29, 0.717) is 0 Å². The molecule has 0 heterocycles. The first-order valence-electron chi connectivity index (χ1n) is 11.3. The largest absolute Gasteiger partial charge is 3.00 e. The number of alkyl halides is 15. The van der Waals surface area contributed by atoms with Gasteiger partial charge in [0.25, 0.3) is 0 Å². The summed E-state index contributed by atoms with van der Waals surface area (Å²) in [5.41, 5.74) is -26.7. The molecule has 0 amide bonds. The van der Waals surface area contributed by atoms with Crippen molar-refractivity contribution in [3.63, 3.8) is 0 Å². The SMILES string of the molecule is O=S(=O)([O-])C(F)(F)F.O=S(=O)([O-])C(F)(F)F.O=S(=O)([O-])C(F)(F)F.O=S(=O)([O-])C(F)(F)F.O=S(=O)([O-])C(F)(F)F.[Ru+3].[Ru+3].[c-]1ccc(C2CCCCC2)cc1. The van der Waals surface area contributed by atoms with Crippen molar-refractivity contribution in [2.75, 3.05) is 0 Å². The van der Waals surface area contributed by atoms with E-state index in [-0.39, 0.29) is 39.0 Å². The number of hydrogen-bond donors (Lipinski definition) is 0. The topological polar surface area (TPSA) is 286 Å². The standard InChI is InChI=1S/C12H15.5CHF3O3S.2Ru/c1-3-7-11(8-4-1)12-9-5-2-6-10-12;5*2-1(3,4)8(5,6)7;;/h5-6,9-11H,1,3-4,7-8H2;5*(H,5,6,7);;/q-1;;;;;;2*+3/p-5. The number of hydrogen-bond acceptors (Lipinski definition) is 15. The van der Waals surface area contributed by atoms with Crippen molar-refractivity contribution in [1.82, 2.24) is 0 Å². The van der Waals surface area contributed by atoms with Crippen molar-refractivity contribution in [1.29, 1.82) is 0 Å². The van der Waals surface area contributed by atoms with E-state index in [0.717, 1.165) is 5.92 Å². The minimum atomic E-state index is -6.09. The molecule has 0 unspecified atom stereocenters. The van der Waals surface area contributed by atoms with Gasteiger partial charge in [0.05, 0.1) is 0 Å². The first-order valence-corrected chi connectivity index (χ1v) is 18.3. The molecular weight excluding hydrogens is 1090 g/mol. The fourth-order valence-corrected chi connectivity index (χ4v) is 2.11. The Morgan fingerprint density at radius 1 is 0.426 bits per heavy atom. The monoisotopic (exact) mass is 1110 g/mol. The first-order chi connectivity index (χ1) is 22.2.